The zero-order valence-corrected chi connectivity index (χ0v) is 10.3. The van der Waals surface area contributed by atoms with Crippen LogP contribution < -0.4 is 10.5 Å². The van der Waals surface area contributed by atoms with E-state index in [4.69, 9.17) is 0 Å². The molecule has 2 aromatic rings. The van der Waals surface area contributed by atoms with E-state index >= 15 is 0 Å². The van der Waals surface area contributed by atoms with Gasteiger partial charge in [-0.25, -0.2) is 4.98 Å². The van der Waals surface area contributed by atoms with Gasteiger partial charge < -0.3 is 4.90 Å². The van der Waals surface area contributed by atoms with Gasteiger partial charge in [0.05, 0.1) is 0 Å². The van der Waals surface area contributed by atoms with E-state index in [2.05, 4.69) is 9.88 Å². The fraction of sp³-hybridized carbons (Fsp3) is 0.286. The lowest BCUT2D eigenvalue weighted by Crippen LogP contribution is -2.23. The van der Waals surface area contributed by atoms with Gasteiger partial charge >= 0.3 is 0 Å². The first kappa shape index (κ1) is 11.0. The molecule has 0 radical (unpaired) electrons. The van der Waals surface area contributed by atoms with Gasteiger partial charge in [0.1, 0.15) is 0 Å². The predicted octanol–water partition coefficient (Wildman–Crippen LogP) is 1.96. The molecule has 0 fully saturated rings. The Kier molecular flexibility index (Phi) is 2.63. The Balaban J connectivity index is 2.09. The van der Waals surface area contributed by atoms with Crippen molar-refractivity contribution in [3.63, 3.8) is 0 Å². The largest absolute Gasteiger partial charge is 0.310 e. The minimum absolute atomic E-state index is 0.0981. The monoisotopic (exact) mass is 241 g/mol. The van der Waals surface area contributed by atoms with Gasteiger partial charge in [-0.05, 0) is 18.6 Å². The van der Waals surface area contributed by atoms with Gasteiger partial charge in [0, 0.05) is 30.5 Å². The van der Waals surface area contributed by atoms with E-state index in [9.17, 15) is 4.79 Å². The summed E-state index contributed by atoms with van der Waals surface area (Å²) in [6.07, 6.45) is 2.44. The number of rotatable bonds is 2. The van der Waals surface area contributed by atoms with Gasteiger partial charge in [-0.1, -0.05) is 25.1 Å². The average molecular weight is 241 g/mol. The zero-order chi connectivity index (χ0) is 12.5. The molecule has 92 valence electrons. The number of fused-ring (bicyclic) bond motifs is 1. The third kappa shape index (κ3) is 1.61. The van der Waals surface area contributed by atoms with Crippen LogP contribution in [0.2, 0.25) is 0 Å². The minimum Gasteiger partial charge on any atom is -0.310 e. The molecule has 0 spiro atoms. The van der Waals surface area contributed by atoms with E-state index in [1.54, 1.807) is 10.8 Å². The van der Waals surface area contributed by atoms with Crippen LogP contribution in [0.15, 0.2) is 41.3 Å². The van der Waals surface area contributed by atoms with Crippen LogP contribution in [-0.4, -0.2) is 16.1 Å². The minimum atomic E-state index is 0.0981. The molecule has 2 heterocycles. The quantitative estimate of drug-likeness (QED) is 0.806. The molecule has 0 N–H and O–H groups in total. The maximum Gasteiger partial charge on any atom is 0.258 e. The third-order valence-electron chi connectivity index (χ3n) is 3.33. The molecule has 4 nitrogen and oxygen atoms in total. The fourth-order valence-electron chi connectivity index (χ4n) is 2.34. The number of aromatic nitrogens is 2. The molecular weight excluding hydrogens is 226 g/mol. The highest BCUT2D eigenvalue weighted by Gasteiger charge is 2.23. The van der Waals surface area contributed by atoms with Crippen LogP contribution in [0.5, 0.6) is 0 Å². The van der Waals surface area contributed by atoms with Crippen LogP contribution in [0.25, 0.3) is 0 Å². The molecule has 1 aromatic carbocycles. The highest BCUT2D eigenvalue weighted by atomic mass is 16.1. The van der Waals surface area contributed by atoms with Crippen molar-refractivity contribution in [1.82, 2.24) is 9.55 Å². The SMILES string of the molecule is CCc1cnc2n(c1=O)CCN2c1ccccc1. The molecule has 0 saturated carbocycles. The van der Waals surface area contributed by atoms with Gasteiger partial charge in [-0.15, -0.1) is 0 Å². The topological polar surface area (TPSA) is 38.1 Å². The van der Waals surface area contributed by atoms with Crippen LogP contribution in [0, 0.1) is 0 Å². The average Bonchev–Trinajstić information content (AvgIpc) is 2.85. The van der Waals surface area contributed by atoms with E-state index in [1.165, 1.54) is 0 Å². The Morgan fingerprint density at radius 1 is 1.22 bits per heavy atom. The van der Waals surface area contributed by atoms with E-state index in [-0.39, 0.29) is 5.56 Å². The molecule has 4 heteroatoms. The third-order valence-corrected chi connectivity index (χ3v) is 3.33. The molecule has 3 rings (SSSR count). The van der Waals surface area contributed by atoms with Crippen molar-refractivity contribution in [3.05, 3.63) is 52.4 Å². The summed E-state index contributed by atoms with van der Waals surface area (Å²) in [4.78, 5) is 18.7. The predicted molar refractivity (Wildman–Crippen MR) is 71.3 cm³/mol. The number of hydrogen-bond acceptors (Lipinski definition) is 3. The summed E-state index contributed by atoms with van der Waals surface area (Å²) in [6, 6.07) is 10.1. The highest BCUT2D eigenvalue weighted by Crippen LogP contribution is 2.26. The first-order valence-electron chi connectivity index (χ1n) is 6.22. The lowest BCUT2D eigenvalue weighted by Gasteiger charge is -2.16. The van der Waals surface area contributed by atoms with Crippen molar-refractivity contribution < 1.29 is 0 Å². The Labute approximate surface area is 106 Å². The molecule has 18 heavy (non-hydrogen) atoms. The number of nitrogens with zero attached hydrogens (tertiary/aromatic N) is 3. The number of aryl methyl sites for hydroxylation is 1. The van der Waals surface area contributed by atoms with Crippen LogP contribution in [0.1, 0.15) is 12.5 Å². The van der Waals surface area contributed by atoms with Gasteiger partial charge in [0.15, 0.2) is 0 Å². The van der Waals surface area contributed by atoms with Crippen LogP contribution in [0.3, 0.4) is 0 Å². The molecule has 1 aliphatic heterocycles. The van der Waals surface area contributed by atoms with Crippen LogP contribution in [0.4, 0.5) is 11.6 Å². The number of hydrogen-bond donors (Lipinski definition) is 0. The summed E-state index contributed by atoms with van der Waals surface area (Å²) >= 11 is 0. The van der Waals surface area contributed by atoms with E-state index in [0.717, 1.165) is 30.2 Å². The normalized spacial score (nSPS) is 13.7. The first-order valence-corrected chi connectivity index (χ1v) is 6.22. The summed E-state index contributed by atoms with van der Waals surface area (Å²) < 4.78 is 1.77. The molecule has 0 aliphatic carbocycles. The van der Waals surface area contributed by atoms with E-state index in [0.29, 0.717) is 6.54 Å². The van der Waals surface area contributed by atoms with Crippen LogP contribution in [-0.2, 0) is 13.0 Å². The van der Waals surface area contributed by atoms with Crippen molar-refractivity contribution >= 4 is 11.6 Å². The summed E-state index contributed by atoms with van der Waals surface area (Å²) in [5, 5.41) is 0. The summed E-state index contributed by atoms with van der Waals surface area (Å²) in [6.45, 7) is 3.50. The molecule has 1 aromatic heterocycles. The van der Waals surface area contributed by atoms with Gasteiger partial charge in [-0.2, -0.15) is 0 Å². The van der Waals surface area contributed by atoms with Crippen molar-refractivity contribution in [3.8, 4) is 0 Å². The lowest BCUT2D eigenvalue weighted by atomic mass is 10.2. The van der Waals surface area contributed by atoms with Crippen molar-refractivity contribution in [2.75, 3.05) is 11.4 Å². The molecule has 0 saturated heterocycles. The number of para-hydroxylation sites is 1. The highest BCUT2D eigenvalue weighted by molar-refractivity contribution is 5.58. The molecule has 0 atom stereocenters. The van der Waals surface area contributed by atoms with Crippen molar-refractivity contribution in [2.24, 2.45) is 0 Å². The van der Waals surface area contributed by atoms with Gasteiger partial charge in [0.2, 0.25) is 5.95 Å². The molecule has 0 unspecified atom stereocenters. The maximum atomic E-state index is 12.2. The summed E-state index contributed by atoms with van der Waals surface area (Å²) in [5.41, 5.74) is 1.97. The van der Waals surface area contributed by atoms with E-state index in [1.807, 2.05) is 37.3 Å². The Morgan fingerprint density at radius 2 is 2.00 bits per heavy atom. The Bertz CT molecular complexity index is 619. The lowest BCUT2D eigenvalue weighted by molar-refractivity contribution is 0.744. The maximum absolute atomic E-state index is 12.2. The van der Waals surface area contributed by atoms with Crippen molar-refractivity contribution in [1.29, 1.82) is 0 Å². The Hall–Kier alpha value is -2.10. The van der Waals surface area contributed by atoms with Gasteiger partial charge in [-0.3, -0.25) is 9.36 Å². The van der Waals surface area contributed by atoms with Crippen molar-refractivity contribution in [2.45, 2.75) is 19.9 Å². The van der Waals surface area contributed by atoms with Gasteiger partial charge in [0.25, 0.3) is 5.56 Å². The number of anilines is 2. The van der Waals surface area contributed by atoms with E-state index < -0.39 is 0 Å². The first-order chi connectivity index (χ1) is 8.81. The molecule has 0 amide bonds. The summed E-state index contributed by atoms with van der Waals surface area (Å²) in [5.74, 6) is 0.753. The van der Waals surface area contributed by atoms with Crippen LogP contribution >= 0.6 is 0 Å². The number of benzene rings is 1. The molecule has 0 bridgehead atoms. The fourth-order valence-corrected chi connectivity index (χ4v) is 2.34. The standard InChI is InChI=1S/C14H15N3O/c1-2-11-10-15-14-16(8-9-17(14)13(11)18)12-6-4-3-5-7-12/h3-7,10H,2,8-9H2,1H3. The molecule has 1 aliphatic rings. The second-order valence-corrected chi connectivity index (χ2v) is 4.38. The smallest absolute Gasteiger partial charge is 0.258 e. The molecular formula is C14H15N3O. The summed E-state index contributed by atoms with van der Waals surface area (Å²) in [7, 11) is 0. The Morgan fingerprint density at radius 3 is 2.72 bits per heavy atom. The second-order valence-electron chi connectivity index (χ2n) is 4.38. The zero-order valence-electron chi connectivity index (χ0n) is 10.3. The second kappa shape index (κ2) is 4.29.